The summed E-state index contributed by atoms with van der Waals surface area (Å²) in [5.41, 5.74) is 6.43. The average Bonchev–Trinajstić information content (AvgIpc) is 2.71. The van der Waals surface area contributed by atoms with Crippen LogP contribution in [0.3, 0.4) is 0 Å². The molecule has 0 unspecified atom stereocenters. The Morgan fingerprint density at radius 1 is 1.50 bits per heavy atom. The highest BCUT2D eigenvalue weighted by molar-refractivity contribution is 5.56. The van der Waals surface area contributed by atoms with Crippen molar-refractivity contribution in [3.8, 4) is 11.4 Å². The number of aryl methyl sites for hydroxylation is 1. The first-order valence-corrected chi connectivity index (χ1v) is 4.32. The largest absolute Gasteiger partial charge is 0.469 e. The van der Waals surface area contributed by atoms with E-state index >= 15 is 0 Å². The summed E-state index contributed by atoms with van der Waals surface area (Å²) in [6.07, 6.45) is 1.59. The molecule has 2 aromatic rings. The van der Waals surface area contributed by atoms with Crippen molar-refractivity contribution in [3.63, 3.8) is 0 Å². The maximum absolute atomic E-state index is 5.60. The number of rotatable bonds is 2. The van der Waals surface area contributed by atoms with Gasteiger partial charge in [-0.3, -0.25) is 0 Å². The van der Waals surface area contributed by atoms with Crippen LogP contribution in [-0.2, 0) is 0 Å². The normalized spacial score (nSPS) is 13.1. The zero-order chi connectivity index (χ0) is 10.1. The standard InChI is InChI=1S/C9H11N3O2/c1-5(10)9-11-8(12-14-9)7-3-4-13-6(7)2/h3-5H,10H2,1-2H3/t5-/m1/s1. The maximum Gasteiger partial charge on any atom is 0.243 e. The van der Waals surface area contributed by atoms with Gasteiger partial charge in [-0.1, -0.05) is 5.16 Å². The Kier molecular flexibility index (Phi) is 2.09. The molecular weight excluding hydrogens is 182 g/mol. The van der Waals surface area contributed by atoms with Gasteiger partial charge in [0.05, 0.1) is 17.9 Å². The lowest BCUT2D eigenvalue weighted by molar-refractivity contribution is 0.362. The molecule has 2 heterocycles. The van der Waals surface area contributed by atoms with Gasteiger partial charge in [-0.15, -0.1) is 0 Å². The molecule has 1 atom stereocenters. The SMILES string of the molecule is Cc1occc1-c1noc([C@@H](C)N)n1. The summed E-state index contributed by atoms with van der Waals surface area (Å²) in [6, 6.07) is 1.55. The number of furan rings is 1. The van der Waals surface area contributed by atoms with E-state index in [9.17, 15) is 0 Å². The molecule has 0 bridgehead atoms. The van der Waals surface area contributed by atoms with Crippen molar-refractivity contribution >= 4 is 0 Å². The Morgan fingerprint density at radius 3 is 2.79 bits per heavy atom. The fourth-order valence-corrected chi connectivity index (χ4v) is 1.15. The van der Waals surface area contributed by atoms with Gasteiger partial charge in [0.15, 0.2) is 0 Å². The Labute approximate surface area is 80.9 Å². The van der Waals surface area contributed by atoms with E-state index in [-0.39, 0.29) is 6.04 Å². The van der Waals surface area contributed by atoms with E-state index in [2.05, 4.69) is 10.1 Å². The summed E-state index contributed by atoms with van der Waals surface area (Å²) in [5.74, 6) is 1.71. The van der Waals surface area contributed by atoms with Crippen LogP contribution in [-0.4, -0.2) is 10.1 Å². The number of hydrogen-bond donors (Lipinski definition) is 1. The molecule has 2 N–H and O–H groups in total. The zero-order valence-electron chi connectivity index (χ0n) is 8.02. The lowest BCUT2D eigenvalue weighted by Gasteiger charge is -1.92. The third-order valence-electron chi connectivity index (χ3n) is 1.93. The molecule has 0 aliphatic heterocycles. The zero-order valence-corrected chi connectivity index (χ0v) is 8.02. The predicted octanol–water partition coefficient (Wildman–Crippen LogP) is 1.66. The van der Waals surface area contributed by atoms with Crippen LogP contribution in [0.1, 0.15) is 24.6 Å². The fourth-order valence-electron chi connectivity index (χ4n) is 1.15. The van der Waals surface area contributed by atoms with Crippen molar-refractivity contribution in [2.75, 3.05) is 0 Å². The van der Waals surface area contributed by atoms with E-state index < -0.39 is 0 Å². The summed E-state index contributed by atoms with van der Waals surface area (Å²) in [4.78, 5) is 4.15. The van der Waals surface area contributed by atoms with Gasteiger partial charge < -0.3 is 14.7 Å². The Morgan fingerprint density at radius 2 is 2.29 bits per heavy atom. The van der Waals surface area contributed by atoms with Crippen LogP contribution >= 0.6 is 0 Å². The summed E-state index contributed by atoms with van der Waals surface area (Å²) in [7, 11) is 0. The third-order valence-corrected chi connectivity index (χ3v) is 1.93. The Hall–Kier alpha value is -1.62. The highest BCUT2D eigenvalue weighted by Crippen LogP contribution is 2.22. The number of hydrogen-bond acceptors (Lipinski definition) is 5. The molecule has 0 spiro atoms. The quantitative estimate of drug-likeness (QED) is 0.784. The molecule has 5 heteroatoms. The van der Waals surface area contributed by atoms with Gasteiger partial charge in [0.1, 0.15) is 5.76 Å². The van der Waals surface area contributed by atoms with E-state index in [1.54, 1.807) is 19.3 Å². The van der Waals surface area contributed by atoms with E-state index in [1.165, 1.54) is 0 Å². The molecule has 14 heavy (non-hydrogen) atoms. The molecule has 0 saturated heterocycles. The van der Waals surface area contributed by atoms with Crippen LogP contribution in [0.4, 0.5) is 0 Å². The van der Waals surface area contributed by atoms with Gasteiger partial charge in [-0.25, -0.2) is 0 Å². The minimum Gasteiger partial charge on any atom is -0.469 e. The summed E-state index contributed by atoms with van der Waals surface area (Å²) in [6.45, 7) is 3.64. The Balaban J connectivity index is 2.39. The van der Waals surface area contributed by atoms with E-state index in [4.69, 9.17) is 14.7 Å². The highest BCUT2D eigenvalue weighted by atomic mass is 16.5. The highest BCUT2D eigenvalue weighted by Gasteiger charge is 2.14. The molecule has 0 aliphatic rings. The monoisotopic (exact) mass is 193 g/mol. The molecule has 0 aliphatic carbocycles. The summed E-state index contributed by atoms with van der Waals surface area (Å²) >= 11 is 0. The van der Waals surface area contributed by atoms with Crippen molar-refractivity contribution in [3.05, 3.63) is 24.0 Å². The molecule has 5 nitrogen and oxygen atoms in total. The van der Waals surface area contributed by atoms with Crippen LogP contribution in [0.25, 0.3) is 11.4 Å². The number of aromatic nitrogens is 2. The van der Waals surface area contributed by atoms with Crippen LogP contribution in [0.5, 0.6) is 0 Å². The lowest BCUT2D eigenvalue weighted by atomic mass is 10.2. The van der Waals surface area contributed by atoms with Gasteiger partial charge in [-0.2, -0.15) is 4.98 Å². The molecule has 0 aromatic carbocycles. The minimum atomic E-state index is -0.247. The van der Waals surface area contributed by atoms with E-state index in [1.807, 2.05) is 6.92 Å². The second kappa shape index (κ2) is 3.26. The van der Waals surface area contributed by atoms with Crippen molar-refractivity contribution < 1.29 is 8.94 Å². The number of nitrogens with zero attached hydrogens (tertiary/aromatic N) is 2. The van der Waals surface area contributed by atoms with E-state index in [0.717, 1.165) is 11.3 Å². The lowest BCUT2D eigenvalue weighted by Crippen LogP contribution is -2.04. The Bertz CT molecular complexity index is 431. The van der Waals surface area contributed by atoms with E-state index in [0.29, 0.717) is 11.7 Å². The molecule has 0 radical (unpaired) electrons. The first-order chi connectivity index (χ1) is 6.68. The van der Waals surface area contributed by atoms with Gasteiger partial charge in [0, 0.05) is 0 Å². The fraction of sp³-hybridized carbons (Fsp3) is 0.333. The smallest absolute Gasteiger partial charge is 0.243 e. The van der Waals surface area contributed by atoms with Crippen molar-refractivity contribution in [1.82, 2.24) is 10.1 Å². The van der Waals surface area contributed by atoms with Gasteiger partial charge in [-0.05, 0) is 19.9 Å². The summed E-state index contributed by atoms with van der Waals surface area (Å²) < 4.78 is 10.1. The van der Waals surface area contributed by atoms with Gasteiger partial charge in [0.2, 0.25) is 11.7 Å². The molecular formula is C9H11N3O2. The molecule has 2 aromatic heterocycles. The molecule has 2 rings (SSSR count). The second-order valence-electron chi connectivity index (χ2n) is 3.14. The molecule has 0 fully saturated rings. The number of nitrogens with two attached hydrogens (primary N) is 1. The topological polar surface area (TPSA) is 78.1 Å². The van der Waals surface area contributed by atoms with Crippen LogP contribution < -0.4 is 5.73 Å². The average molecular weight is 193 g/mol. The molecule has 0 saturated carbocycles. The second-order valence-corrected chi connectivity index (χ2v) is 3.14. The minimum absolute atomic E-state index is 0.247. The van der Waals surface area contributed by atoms with Crippen molar-refractivity contribution in [2.24, 2.45) is 5.73 Å². The molecule has 0 amide bonds. The van der Waals surface area contributed by atoms with Gasteiger partial charge >= 0.3 is 0 Å². The first kappa shape index (κ1) is 8.96. The molecule has 74 valence electrons. The van der Waals surface area contributed by atoms with Crippen LogP contribution in [0, 0.1) is 6.92 Å². The summed E-state index contributed by atoms with van der Waals surface area (Å²) in [5, 5.41) is 3.81. The maximum atomic E-state index is 5.60. The first-order valence-electron chi connectivity index (χ1n) is 4.32. The van der Waals surface area contributed by atoms with Crippen molar-refractivity contribution in [2.45, 2.75) is 19.9 Å². The van der Waals surface area contributed by atoms with Gasteiger partial charge in [0.25, 0.3) is 0 Å². The van der Waals surface area contributed by atoms with Crippen LogP contribution in [0.15, 0.2) is 21.3 Å². The third kappa shape index (κ3) is 1.42. The van der Waals surface area contributed by atoms with Crippen LogP contribution in [0.2, 0.25) is 0 Å². The predicted molar refractivity (Wildman–Crippen MR) is 49.3 cm³/mol. The van der Waals surface area contributed by atoms with Crippen molar-refractivity contribution in [1.29, 1.82) is 0 Å².